The number of hydrogen-bond donors (Lipinski definition) is 4. The number of aliphatic hydroxyl groups is 3. The number of carbonyl (C=O) groups excluding carboxylic acids is 1. The van der Waals surface area contributed by atoms with E-state index in [1.54, 1.807) is 0 Å². The highest BCUT2D eigenvalue weighted by molar-refractivity contribution is 5.56. The molecule has 0 aromatic rings. The Bertz CT molecular complexity index is 128. The smallest absolute Gasteiger partial charge is 0.151 e. The summed E-state index contributed by atoms with van der Waals surface area (Å²) in [7, 11) is 0. The van der Waals surface area contributed by atoms with Gasteiger partial charge in [0.1, 0.15) is 12.2 Å². The fourth-order valence-corrected chi connectivity index (χ4v) is 0.594. The van der Waals surface area contributed by atoms with E-state index >= 15 is 0 Å². The molecule has 0 aromatic heterocycles. The van der Waals surface area contributed by atoms with Crippen LogP contribution in [0.4, 0.5) is 0 Å². The van der Waals surface area contributed by atoms with Crippen LogP contribution in [0.15, 0.2) is 0 Å². The third-order valence-corrected chi connectivity index (χ3v) is 1.44. The number of aliphatic hydroxyl groups excluding tert-OH is 3. The summed E-state index contributed by atoms with van der Waals surface area (Å²) >= 11 is 0. The van der Waals surface area contributed by atoms with Crippen LogP contribution in [0.2, 0.25) is 0 Å². The topological polar surface area (TPSA) is 104 Å². The normalized spacial score (nSPS) is 21.9. The lowest BCUT2D eigenvalue weighted by molar-refractivity contribution is -0.122. The van der Waals surface area contributed by atoms with Gasteiger partial charge in [0, 0.05) is 0 Å². The summed E-state index contributed by atoms with van der Waals surface area (Å²) in [5, 5.41) is 26.6. The average molecular weight is 163 g/mol. The predicted octanol–water partition coefficient (Wildman–Crippen LogP) is -2.38. The Morgan fingerprint density at radius 1 is 1.36 bits per heavy atom. The van der Waals surface area contributed by atoms with Crippen LogP contribution in [0.3, 0.4) is 0 Å². The molecule has 0 aliphatic carbocycles. The molecule has 0 saturated heterocycles. The first-order valence-electron chi connectivity index (χ1n) is 3.25. The van der Waals surface area contributed by atoms with Gasteiger partial charge in [-0.1, -0.05) is 0 Å². The SMILES string of the molecule is C[C@@H](O)[C@@H](N)[C@H](O)[C@H](O)C=O. The fraction of sp³-hybridized carbons (Fsp3) is 0.833. The average Bonchev–Trinajstić information content (AvgIpc) is 2.00. The maximum absolute atomic E-state index is 9.93. The van der Waals surface area contributed by atoms with Gasteiger partial charge in [-0.15, -0.1) is 0 Å². The van der Waals surface area contributed by atoms with E-state index in [9.17, 15) is 4.79 Å². The summed E-state index contributed by atoms with van der Waals surface area (Å²) in [6, 6.07) is -1.00. The molecule has 4 atom stereocenters. The Morgan fingerprint density at radius 3 is 2.09 bits per heavy atom. The molecule has 5 heteroatoms. The zero-order chi connectivity index (χ0) is 9.02. The summed E-state index contributed by atoms with van der Waals surface area (Å²) in [5.74, 6) is 0. The highest BCUT2D eigenvalue weighted by Crippen LogP contribution is 1.99. The Hall–Kier alpha value is -0.490. The second-order valence-electron chi connectivity index (χ2n) is 2.44. The summed E-state index contributed by atoms with van der Waals surface area (Å²) in [5.41, 5.74) is 5.22. The minimum atomic E-state index is -1.53. The van der Waals surface area contributed by atoms with Crippen molar-refractivity contribution in [3.63, 3.8) is 0 Å². The molecule has 0 aliphatic heterocycles. The molecule has 0 spiro atoms. The zero-order valence-corrected chi connectivity index (χ0v) is 6.21. The van der Waals surface area contributed by atoms with Gasteiger partial charge in [-0.25, -0.2) is 0 Å². The van der Waals surface area contributed by atoms with Crippen LogP contribution >= 0.6 is 0 Å². The van der Waals surface area contributed by atoms with Crippen LogP contribution in [0.5, 0.6) is 0 Å². The number of carbonyl (C=O) groups is 1. The molecule has 0 bridgehead atoms. The van der Waals surface area contributed by atoms with E-state index in [-0.39, 0.29) is 6.29 Å². The Morgan fingerprint density at radius 2 is 1.82 bits per heavy atom. The molecular weight excluding hydrogens is 150 g/mol. The molecule has 0 unspecified atom stereocenters. The van der Waals surface area contributed by atoms with Crippen molar-refractivity contribution in [3.8, 4) is 0 Å². The van der Waals surface area contributed by atoms with Crippen molar-refractivity contribution in [1.82, 2.24) is 0 Å². The van der Waals surface area contributed by atoms with Gasteiger partial charge in [0.15, 0.2) is 6.29 Å². The van der Waals surface area contributed by atoms with Crippen molar-refractivity contribution in [2.24, 2.45) is 5.73 Å². The molecule has 11 heavy (non-hydrogen) atoms. The Labute approximate surface area is 64.4 Å². The summed E-state index contributed by atoms with van der Waals surface area (Å²) in [4.78, 5) is 9.93. The second kappa shape index (κ2) is 4.40. The van der Waals surface area contributed by atoms with Crippen molar-refractivity contribution >= 4 is 6.29 Å². The van der Waals surface area contributed by atoms with Crippen molar-refractivity contribution in [2.45, 2.75) is 31.3 Å². The van der Waals surface area contributed by atoms with Crippen LogP contribution in [0.25, 0.3) is 0 Å². The summed E-state index contributed by atoms with van der Waals surface area (Å²) < 4.78 is 0. The first-order chi connectivity index (χ1) is 5.00. The minimum absolute atomic E-state index is 0.174. The van der Waals surface area contributed by atoms with Gasteiger partial charge in [0.2, 0.25) is 0 Å². The molecule has 0 radical (unpaired) electrons. The van der Waals surface area contributed by atoms with Crippen molar-refractivity contribution in [2.75, 3.05) is 0 Å². The molecule has 0 aliphatic rings. The van der Waals surface area contributed by atoms with Crippen LogP contribution < -0.4 is 5.73 Å². The maximum Gasteiger partial charge on any atom is 0.151 e. The van der Waals surface area contributed by atoms with Crippen molar-refractivity contribution in [1.29, 1.82) is 0 Å². The number of aldehydes is 1. The molecule has 5 N–H and O–H groups in total. The first-order valence-corrected chi connectivity index (χ1v) is 3.25. The van der Waals surface area contributed by atoms with E-state index in [0.717, 1.165) is 0 Å². The van der Waals surface area contributed by atoms with E-state index in [4.69, 9.17) is 21.1 Å². The Balaban J connectivity index is 4.00. The minimum Gasteiger partial charge on any atom is -0.392 e. The predicted molar refractivity (Wildman–Crippen MR) is 37.7 cm³/mol. The maximum atomic E-state index is 9.93. The Kier molecular flexibility index (Phi) is 4.20. The van der Waals surface area contributed by atoms with Crippen LogP contribution in [-0.4, -0.2) is 46.0 Å². The van der Waals surface area contributed by atoms with Crippen LogP contribution in [-0.2, 0) is 4.79 Å². The molecule has 0 amide bonds. The molecule has 0 aromatic carbocycles. The van der Waals surface area contributed by atoms with Gasteiger partial charge in [-0.05, 0) is 6.92 Å². The van der Waals surface area contributed by atoms with Crippen molar-refractivity contribution in [3.05, 3.63) is 0 Å². The number of nitrogens with two attached hydrogens (primary N) is 1. The molecule has 66 valence electrons. The third-order valence-electron chi connectivity index (χ3n) is 1.44. The van der Waals surface area contributed by atoms with E-state index in [0.29, 0.717) is 0 Å². The fourth-order valence-electron chi connectivity index (χ4n) is 0.594. The molecule has 0 fully saturated rings. The number of hydrogen-bond acceptors (Lipinski definition) is 5. The summed E-state index contributed by atoms with van der Waals surface area (Å²) in [6.45, 7) is 1.37. The van der Waals surface area contributed by atoms with E-state index in [1.165, 1.54) is 6.92 Å². The van der Waals surface area contributed by atoms with E-state index < -0.39 is 24.4 Å². The highest BCUT2D eigenvalue weighted by atomic mass is 16.3. The number of rotatable bonds is 4. The lowest BCUT2D eigenvalue weighted by atomic mass is 10.0. The van der Waals surface area contributed by atoms with Gasteiger partial charge >= 0.3 is 0 Å². The molecular formula is C6H13NO4. The quantitative estimate of drug-likeness (QED) is 0.346. The van der Waals surface area contributed by atoms with Gasteiger partial charge in [-0.3, -0.25) is 0 Å². The van der Waals surface area contributed by atoms with Gasteiger partial charge in [0.05, 0.1) is 12.1 Å². The van der Waals surface area contributed by atoms with E-state index in [1.807, 2.05) is 0 Å². The third kappa shape index (κ3) is 2.94. The highest BCUT2D eigenvalue weighted by Gasteiger charge is 2.25. The largest absolute Gasteiger partial charge is 0.392 e. The molecule has 5 nitrogen and oxygen atoms in total. The molecule has 0 rings (SSSR count). The van der Waals surface area contributed by atoms with Gasteiger partial charge in [0.25, 0.3) is 0 Å². The lowest BCUT2D eigenvalue weighted by Gasteiger charge is -2.22. The summed E-state index contributed by atoms with van der Waals surface area (Å²) in [6.07, 6.45) is -3.72. The van der Waals surface area contributed by atoms with Crippen LogP contribution in [0, 0.1) is 0 Å². The first kappa shape index (κ1) is 10.5. The lowest BCUT2D eigenvalue weighted by Crippen LogP contribution is -2.49. The second-order valence-corrected chi connectivity index (χ2v) is 2.44. The molecule has 0 saturated carbocycles. The van der Waals surface area contributed by atoms with Crippen LogP contribution in [0.1, 0.15) is 6.92 Å². The molecule has 0 heterocycles. The van der Waals surface area contributed by atoms with Gasteiger partial charge < -0.3 is 25.8 Å². The van der Waals surface area contributed by atoms with E-state index in [2.05, 4.69) is 0 Å². The zero-order valence-electron chi connectivity index (χ0n) is 6.21. The standard InChI is InChI=1S/C6H13NO4/c1-3(9)5(7)6(11)4(10)2-8/h2-6,9-11H,7H2,1H3/t3-,4-,5-,6-/m1/s1. The van der Waals surface area contributed by atoms with Gasteiger partial charge in [-0.2, -0.15) is 0 Å². The van der Waals surface area contributed by atoms with Crippen molar-refractivity contribution < 1.29 is 20.1 Å². The monoisotopic (exact) mass is 163 g/mol.